The zero-order valence-corrected chi connectivity index (χ0v) is 24.2. The largest absolute Gasteiger partial charge is 0.491 e. The number of fused-ring (bicyclic) bond motifs is 1. The quantitative estimate of drug-likeness (QED) is 0.466. The molecular weight excluding hydrogens is 540 g/mol. The van der Waals surface area contributed by atoms with Crippen LogP contribution in [0.4, 0.5) is 0 Å². The van der Waals surface area contributed by atoms with Crippen LogP contribution in [0.25, 0.3) is 0 Å². The van der Waals surface area contributed by atoms with E-state index in [1.165, 1.54) is 4.90 Å². The van der Waals surface area contributed by atoms with Gasteiger partial charge in [-0.3, -0.25) is 19.2 Å². The Morgan fingerprint density at radius 2 is 1.76 bits per heavy atom. The van der Waals surface area contributed by atoms with E-state index in [0.29, 0.717) is 25.3 Å². The van der Waals surface area contributed by atoms with Gasteiger partial charge in [-0.1, -0.05) is 42.5 Å². The molecule has 0 bridgehead atoms. The number of carbonyl (C=O) groups excluding carboxylic acids is 4. The van der Waals surface area contributed by atoms with Gasteiger partial charge in [-0.25, -0.2) is 0 Å². The van der Waals surface area contributed by atoms with Crippen LogP contribution < -0.4 is 15.4 Å². The highest BCUT2D eigenvalue weighted by Gasteiger charge is 2.35. The number of carbonyl (C=O) groups is 4. The fourth-order valence-electron chi connectivity index (χ4n) is 5.50. The maximum absolute atomic E-state index is 13.7. The Hall–Kier alpha value is -3.96. The lowest BCUT2D eigenvalue weighted by atomic mass is 10.0. The summed E-state index contributed by atoms with van der Waals surface area (Å²) in [5, 5.41) is 15.5. The molecule has 2 aliphatic heterocycles. The molecule has 0 radical (unpaired) electrons. The molecule has 2 heterocycles. The Morgan fingerprint density at radius 1 is 1.02 bits per heavy atom. The molecule has 42 heavy (non-hydrogen) atoms. The van der Waals surface area contributed by atoms with Crippen LogP contribution in [0, 0.1) is 0 Å². The summed E-state index contributed by atoms with van der Waals surface area (Å²) in [6, 6.07) is 13.6. The molecular formula is C31H40N4O7. The molecule has 0 saturated carbocycles. The molecule has 4 amide bonds. The summed E-state index contributed by atoms with van der Waals surface area (Å²) in [6.45, 7) is 0.355. The van der Waals surface area contributed by atoms with Gasteiger partial charge in [0.25, 0.3) is 5.91 Å². The number of hydrogen-bond acceptors (Lipinski definition) is 7. The average molecular weight is 581 g/mol. The Morgan fingerprint density at radius 3 is 2.50 bits per heavy atom. The van der Waals surface area contributed by atoms with E-state index in [4.69, 9.17) is 9.47 Å². The highest BCUT2D eigenvalue weighted by atomic mass is 16.5. The number of methoxy groups -OCH3 is 1. The maximum Gasteiger partial charge on any atom is 0.255 e. The third-order valence-electron chi connectivity index (χ3n) is 7.87. The number of nitrogens with zero attached hydrogens (tertiary/aromatic N) is 2. The summed E-state index contributed by atoms with van der Waals surface area (Å²) < 4.78 is 11.5. The summed E-state index contributed by atoms with van der Waals surface area (Å²) in [4.78, 5) is 56.8. The van der Waals surface area contributed by atoms with E-state index in [-0.39, 0.29) is 37.0 Å². The SMILES string of the molecule is COC[C@@H]1CCCN1C(=O)[C@@H]1CCC(=O)N[C@@H](CO)C(=O)N(C)[C@H](Cc2ccccc2)COc2ccccc2C(=O)N1. The van der Waals surface area contributed by atoms with Crippen molar-refractivity contribution < 1.29 is 33.8 Å². The fraction of sp³-hybridized carbons (Fsp3) is 0.484. The molecule has 1 saturated heterocycles. The van der Waals surface area contributed by atoms with Crippen LogP contribution >= 0.6 is 0 Å². The van der Waals surface area contributed by atoms with E-state index >= 15 is 0 Å². The lowest BCUT2D eigenvalue weighted by molar-refractivity contribution is -0.139. The number of ether oxygens (including phenoxy) is 2. The predicted octanol–water partition coefficient (Wildman–Crippen LogP) is 1.14. The molecule has 2 aromatic carbocycles. The van der Waals surface area contributed by atoms with Gasteiger partial charge < -0.3 is 35.0 Å². The molecule has 2 aromatic rings. The van der Waals surface area contributed by atoms with E-state index in [2.05, 4.69) is 10.6 Å². The number of hydrogen-bond donors (Lipinski definition) is 3. The highest BCUT2D eigenvalue weighted by molar-refractivity contribution is 6.00. The first-order chi connectivity index (χ1) is 20.3. The molecule has 0 spiro atoms. The van der Waals surface area contributed by atoms with Crippen molar-refractivity contribution in [1.29, 1.82) is 0 Å². The number of amides is 4. The number of nitrogens with one attached hydrogen (secondary N) is 2. The lowest BCUT2D eigenvalue weighted by Crippen LogP contribution is -2.54. The van der Waals surface area contributed by atoms with Crippen LogP contribution in [0.3, 0.4) is 0 Å². The molecule has 11 nitrogen and oxygen atoms in total. The summed E-state index contributed by atoms with van der Waals surface area (Å²) in [5.74, 6) is -1.47. The number of aliphatic hydroxyl groups excluding tert-OH is 1. The Balaban J connectivity index is 1.65. The first-order valence-corrected chi connectivity index (χ1v) is 14.3. The van der Waals surface area contributed by atoms with E-state index in [1.54, 1.807) is 43.3 Å². The summed E-state index contributed by atoms with van der Waals surface area (Å²) in [5.41, 5.74) is 1.21. The Bertz CT molecular complexity index is 1240. The minimum Gasteiger partial charge on any atom is -0.491 e. The lowest BCUT2D eigenvalue weighted by Gasteiger charge is -2.31. The van der Waals surface area contributed by atoms with Gasteiger partial charge in [0.2, 0.25) is 17.7 Å². The first-order valence-electron chi connectivity index (χ1n) is 14.3. The van der Waals surface area contributed by atoms with Crippen molar-refractivity contribution in [2.24, 2.45) is 0 Å². The van der Waals surface area contributed by atoms with Crippen LogP contribution in [-0.4, -0.2) is 103 Å². The number of likely N-dealkylation sites (N-methyl/N-ethyl adjacent to an activating group) is 1. The number of rotatable bonds is 6. The average Bonchev–Trinajstić information content (AvgIpc) is 3.47. The van der Waals surface area contributed by atoms with E-state index < -0.39 is 42.5 Å². The van der Waals surface area contributed by atoms with Gasteiger partial charge in [0, 0.05) is 27.1 Å². The zero-order chi connectivity index (χ0) is 30.1. The van der Waals surface area contributed by atoms with Gasteiger partial charge in [0.1, 0.15) is 24.4 Å². The molecule has 11 heteroatoms. The van der Waals surface area contributed by atoms with E-state index in [9.17, 15) is 24.3 Å². The summed E-state index contributed by atoms with van der Waals surface area (Å²) in [6.07, 6.45) is 1.91. The third kappa shape index (κ3) is 7.65. The second-order valence-electron chi connectivity index (χ2n) is 10.8. The van der Waals surface area contributed by atoms with Gasteiger partial charge in [-0.15, -0.1) is 0 Å². The van der Waals surface area contributed by atoms with Crippen molar-refractivity contribution in [3.8, 4) is 5.75 Å². The summed E-state index contributed by atoms with van der Waals surface area (Å²) in [7, 11) is 3.18. The minimum atomic E-state index is -1.17. The van der Waals surface area contributed by atoms with Crippen molar-refractivity contribution in [3.63, 3.8) is 0 Å². The van der Waals surface area contributed by atoms with Gasteiger partial charge in [-0.2, -0.15) is 0 Å². The smallest absolute Gasteiger partial charge is 0.255 e. The molecule has 0 aromatic heterocycles. The third-order valence-corrected chi connectivity index (χ3v) is 7.87. The van der Waals surface area contributed by atoms with Gasteiger partial charge in [0.05, 0.1) is 30.9 Å². The van der Waals surface area contributed by atoms with E-state index in [0.717, 1.165) is 18.4 Å². The van der Waals surface area contributed by atoms with Crippen molar-refractivity contribution in [1.82, 2.24) is 20.4 Å². The molecule has 4 atom stereocenters. The topological polar surface area (TPSA) is 138 Å². The van der Waals surface area contributed by atoms with Crippen molar-refractivity contribution in [2.45, 2.75) is 56.3 Å². The first kappa shape index (κ1) is 31.0. The molecule has 2 aliphatic rings. The second kappa shape index (κ2) is 14.8. The minimum absolute atomic E-state index is 0.00838. The van der Waals surface area contributed by atoms with Crippen molar-refractivity contribution in [3.05, 3.63) is 65.7 Å². The van der Waals surface area contributed by atoms with Gasteiger partial charge in [0.15, 0.2) is 0 Å². The Kier molecular flexibility index (Phi) is 10.9. The number of para-hydroxylation sites is 1. The van der Waals surface area contributed by atoms with E-state index in [1.807, 2.05) is 30.3 Å². The van der Waals surface area contributed by atoms with Gasteiger partial charge >= 0.3 is 0 Å². The monoisotopic (exact) mass is 580 g/mol. The van der Waals surface area contributed by atoms with Crippen LogP contribution in [0.5, 0.6) is 5.75 Å². The van der Waals surface area contributed by atoms with Gasteiger partial charge in [-0.05, 0) is 43.4 Å². The number of aliphatic hydroxyl groups is 1. The van der Waals surface area contributed by atoms with Crippen LogP contribution in [0.2, 0.25) is 0 Å². The summed E-state index contributed by atoms with van der Waals surface area (Å²) >= 11 is 0. The Labute approximate surface area is 246 Å². The predicted molar refractivity (Wildman–Crippen MR) is 155 cm³/mol. The number of likely N-dealkylation sites (tertiary alicyclic amines) is 1. The molecule has 3 N–H and O–H groups in total. The molecule has 0 unspecified atom stereocenters. The zero-order valence-electron chi connectivity index (χ0n) is 24.2. The maximum atomic E-state index is 13.7. The highest BCUT2D eigenvalue weighted by Crippen LogP contribution is 2.23. The van der Waals surface area contributed by atoms with Crippen molar-refractivity contribution >= 4 is 23.6 Å². The van der Waals surface area contributed by atoms with Crippen LogP contribution in [0.15, 0.2) is 54.6 Å². The molecule has 1 fully saturated rings. The normalized spacial score (nSPS) is 24.1. The molecule has 226 valence electrons. The number of benzene rings is 2. The second-order valence-corrected chi connectivity index (χ2v) is 10.8. The molecule has 4 rings (SSSR count). The van der Waals surface area contributed by atoms with Crippen LogP contribution in [-0.2, 0) is 25.5 Å². The standard InChI is InChI=1S/C31H40N4O7/c1-34-23(17-21-9-4-3-5-10-21)20-42-27-13-7-6-12-24(27)29(38)33-25(14-15-28(37)32-26(18-36)30(34)39)31(40)35-16-8-11-22(35)19-41-2/h3-7,9-10,12-13,22-23,25-26,36H,8,11,14-20H2,1-2H3,(H,32,37)(H,33,38)/t22-,23+,25-,26-/m0/s1. The molecule has 0 aliphatic carbocycles. The van der Waals surface area contributed by atoms with Crippen LogP contribution in [0.1, 0.15) is 41.6 Å². The van der Waals surface area contributed by atoms with Crippen molar-refractivity contribution in [2.75, 3.05) is 40.5 Å². The fourth-order valence-corrected chi connectivity index (χ4v) is 5.50.